The van der Waals surface area contributed by atoms with Crippen LogP contribution in [0.4, 0.5) is 5.82 Å². The van der Waals surface area contributed by atoms with Crippen molar-refractivity contribution in [3.63, 3.8) is 0 Å². The highest BCUT2D eigenvalue weighted by molar-refractivity contribution is 5.76. The van der Waals surface area contributed by atoms with Gasteiger partial charge in [-0.25, -0.2) is 15.0 Å². The van der Waals surface area contributed by atoms with Gasteiger partial charge >= 0.3 is 0 Å². The Balaban J connectivity index is 1.71. The number of aromatic nitrogens is 4. The first-order chi connectivity index (χ1) is 12.2. The number of benzene rings is 1. The second kappa shape index (κ2) is 6.47. The molecule has 0 saturated heterocycles. The molecule has 0 aliphatic heterocycles. The molecule has 0 fully saturated rings. The quantitative estimate of drug-likeness (QED) is 0.776. The standard InChI is InChI=1S/C20H25N5/c1-4-25-18-12-8-7-11-17(18)24-20(25)13(2)21-19-15-9-5-6-10-16(15)22-14(3)23-19/h7-8,11-13H,4-6,9-10H2,1-3H3,(H,21,22,23). The van der Waals surface area contributed by atoms with Gasteiger partial charge in [0.05, 0.1) is 17.1 Å². The first kappa shape index (κ1) is 16.1. The van der Waals surface area contributed by atoms with Crippen molar-refractivity contribution in [1.29, 1.82) is 0 Å². The van der Waals surface area contributed by atoms with Gasteiger partial charge in [-0.3, -0.25) is 0 Å². The summed E-state index contributed by atoms with van der Waals surface area (Å²) in [7, 11) is 0. The maximum Gasteiger partial charge on any atom is 0.133 e. The lowest BCUT2D eigenvalue weighted by molar-refractivity contribution is 0.647. The minimum atomic E-state index is 0.0904. The molecule has 0 spiro atoms. The number of nitrogens with zero attached hydrogens (tertiary/aromatic N) is 4. The van der Waals surface area contributed by atoms with Crippen molar-refractivity contribution >= 4 is 16.9 Å². The van der Waals surface area contributed by atoms with Crippen molar-refractivity contribution < 1.29 is 0 Å². The summed E-state index contributed by atoms with van der Waals surface area (Å²) in [6.45, 7) is 7.22. The zero-order valence-corrected chi connectivity index (χ0v) is 15.2. The maximum atomic E-state index is 4.87. The molecule has 0 amide bonds. The zero-order chi connectivity index (χ0) is 17.4. The summed E-state index contributed by atoms with van der Waals surface area (Å²) < 4.78 is 2.29. The Labute approximate surface area is 148 Å². The molecule has 0 radical (unpaired) electrons. The van der Waals surface area contributed by atoms with Crippen LogP contribution in [0.25, 0.3) is 11.0 Å². The van der Waals surface area contributed by atoms with Gasteiger partial charge < -0.3 is 9.88 Å². The molecule has 5 heteroatoms. The van der Waals surface area contributed by atoms with E-state index in [2.05, 4.69) is 46.9 Å². The molecule has 130 valence electrons. The van der Waals surface area contributed by atoms with E-state index < -0.39 is 0 Å². The lowest BCUT2D eigenvalue weighted by atomic mass is 9.96. The second-order valence-electron chi connectivity index (χ2n) is 6.82. The second-order valence-corrected chi connectivity index (χ2v) is 6.82. The highest BCUT2D eigenvalue weighted by Crippen LogP contribution is 2.29. The third-order valence-corrected chi connectivity index (χ3v) is 5.04. The van der Waals surface area contributed by atoms with Gasteiger partial charge in [0.25, 0.3) is 0 Å². The topological polar surface area (TPSA) is 55.6 Å². The summed E-state index contributed by atoms with van der Waals surface area (Å²) in [4.78, 5) is 14.2. The number of fused-ring (bicyclic) bond motifs is 2. The van der Waals surface area contributed by atoms with Gasteiger partial charge in [0.15, 0.2) is 0 Å². The Hall–Kier alpha value is -2.43. The number of hydrogen-bond acceptors (Lipinski definition) is 4. The minimum absolute atomic E-state index is 0.0904. The fraction of sp³-hybridized carbons (Fsp3) is 0.450. The van der Waals surface area contributed by atoms with E-state index in [0.717, 1.165) is 42.4 Å². The third kappa shape index (κ3) is 2.88. The Morgan fingerprint density at radius 2 is 1.92 bits per heavy atom. The minimum Gasteiger partial charge on any atom is -0.360 e. The third-order valence-electron chi connectivity index (χ3n) is 5.04. The van der Waals surface area contributed by atoms with Crippen LogP contribution in [0.5, 0.6) is 0 Å². The fourth-order valence-corrected chi connectivity index (χ4v) is 3.86. The van der Waals surface area contributed by atoms with E-state index in [0.29, 0.717) is 0 Å². The molecule has 1 atom stereocenters. The van der Waals surface area contributed by atoms with Crippen molar-refractivity contribution in [3.05, 3.63) is 47.2 Å². The fourth-order valence-electron chi connectivity index (χ4n) is 3.86. The van der Waals surface area contributed by atoms with Crippen molar-refractivity contribution in [2.45, 2.75) is 59.0 Å². The van der Waals surface area contributed by atoms with Crippen LogP contribution in [0.1, 0.15) is 55.6 Å². The van der Waals surface area contributed by atoms with Gasteiger partial charge in [0.1, 0.15) is 17.5 Å². The molecule has 2 heterocycles. The summed E-state index contributed by atoms with van der Waals surface area (Å²) in [5.74, 6) is 2.90. The molecule has 1 aromatic carbocycles. The van der Waals surface area contributed by atoms with Crippen LogP contribution in [0, 0.1) is 6.92 Å². The van der Waals surface area contributed by atoms with Gasteiger partial charge in [-0.2, -0.15) is 0 Å². The number of aryl methyl sites for hydroxylation is 3. The summed E-state index contributed by atoms with van der Waals surface area (Å²) in [5.41, 5.74) is 4.75. The summed E-state index contributed by atoms with van der Waals surface area (Å²) in [6.07, 6.45) is 4.57. The molecular formula is C20H25N5. The average Bonchev–Trinajstić information content (AvgIpc) is 3.00. The Kier molecular flexibility index (Phi) is 4.15. The molecule has 1 unspecified atom stereocenters. The molecule has 5 nitrogen and oxygen atoms in total. The van der Waals surface area contributed by atoms with Gasteiger partial charge in [0, 0.05) is 17.8 Å². The van der Waals surface area contributed by atoms with E-state index in [9.17, 15) is 0 Å². The van der Waals surface area contributed by atoms with Crippen molar-refractivity contribution in [2.24, 2.45) is 0 Å². The van der Waals surface area contributed by atoms with Crippen molar-refractivity contribution in [1.82, 2.24) is 19.5 Å². The summed E-state index contributed by atoms with van der Waals surface area (Å²) >= 11 is 0. The molecular weight excluding hydrogens is 310 g/mol. The van der Waals surface area contributed by atoms with Gasteiger partial charge in [-0.15, -0.1) is 0 Å². The van der Waals surface area contributed by atoms with E-state index in [1.54, 1.807) is 0 Å². The number of imidazole rings is 1. The van der Waals surface area contributed by atoms with Crippen LogP contribution in [0.3, 0.4) is 0 Å². The van der Waals surface area contributed by atoms with Crippen LogP contribution in [0.2, 0.25) is 0 Å². The summed E-state index contributed by atoms with van der Waals surface area (Å²) in [6, 6.07) is 8.42. The van der Waals surface area contributed by atoms with E-state index in [-0.39, 0.29) is 6.04 Å². The number of anilines is 1. The predicted molar refractivity (Wildman–Crippen MR) is 101 cm³/mol. The van der Waals surface area contributed by atoms with E-state index in [1.165, 1.54) is 29.6 Å². The first-order valence-corrected chi connectivity index (χ1v) is 9.25. The van der Waals surface area contributed by atoms with Crippen LogP contribution >= 0.6 is 0 Å². The highest BCUT2D eigenvalue weighted by atomic mass is 15.1. The average molecular weight is 335 g/mol. The molecule has 1 N–H and O–H groups in total. The predicted octanol–water partition coefficient (Wildman–Crippen LogP) is 4.21. The van der Waals surface area contributed by atoms with Gasteiger partial charge in [0.2, 0.25) is 0 Å². The zero-order valence-electron chi connectivity index (χ0n) is 15.2. The SMILES string of the molecule is CCn1c(C(C)Nc2nc(C)nc3c2CCCC3)nc2ccccc21. The molecule has 0 bridgehead atoms. The normalized spacial score (nSPS) is 15.2. The molecule has 2 aromatic heterocycles. The van der Waals surface area contributed by atoms with E-state index in [1.807, 2.05) is 13.0 Å². The molecule has 3 aromatic rings. The Bertz CT molecular complexity index is 912. The Morgan fingerprint density at radius 1 is 1.12 bits per heavy atom. The van der Waals surface area contributed by atoms with Crippen LogP contribution in [-0.2, 0) is 19.4 Å². The molecule has 0 saturated carbocycles. The molecule has 1 aliphatic carbocycles. The summed E-state index contributed by atoms with van der Waals surface area (Å²) in [5, 5.41) is 3.63. The molecule has 25 heavy (non-hydrogen) atoms. The number of nitrogens with one attached hydrogen (secondary N) is 1. The number of rotatable bonds is 4. The smallest absolute Gasteiger partial charge is 0.133 e. The van der Waals surface area contributed by atoms with Crippen LogP contribution < -0.4 is 5.32 Å². The largest absolute Gasteiger partial charge is 0.360 e. The van der Waals surface area contributed by atoms with Gasteiger partial charge in [-0.05, 0) is 58.6 Å². The van der Waals surface area contributed by atoms with Crippen molar-refractivity contribution in [2.75, 3.05) is 5.32 Å². The number of hydrogen-bond donors (Lipinski definition) is 1. The van der Waals surface area contributed by atoms with Crippen LogP contribution in [0.15, 0.2) is 24.3 Å². The first-order valence-electron chi connectivity index (χ1n) is 9.25. The van der Waals surface area contributed by atoms with Gasteiger partial charge in [-0.1, -0.05) is 12.1 Å². The van der Waals surface area contributed by atoms with Crippen molar-refractivity contribution in [3.8, 4) is 0 Å². The lowest BCUT2D eigenvalue weighted by Crippen LogP contribution is -2.18. The Morgan fingerprint density at radius 3 is 2.76 bits per heavy atom. The molecule has 4 rings (SSSR count). The number of para-hydroxylation sites is 2. The highest BCUT2D eigenvalue weighted by Gasteiger charge is 2.21. The monoisotopic (exact) mass is 335 g/mol. The van der Waals surface area contributed by atoms with E-state index in [4.69, 9.17) is 9.97 Å². The van der Waals surface area contributed by atoms with Crippen LogP contribution in [-0.4, -0.2) is 19.5 Å². The van der Waals surface area contributed by atoms with E-state index >= 15 is 0 Å². The lowest BCUT2D eigenvalue weighted by Gasteiger charge is -2.22. The maximum absolute atomic E-state index is 4.87. The molecule has 1 aliphatic rings.